The van der Waals surface area contributed by atoms with Gasteiger partial charge in [-0.25, -0.2) is 0 Å². The predicted molar refractivity (Wildman–Crippen MR) is 43.5 cm³/mol. The fourth-order valence-corrected chi connectivity index (χ4v) is 0.747. The van der Waals surface area contributed by atoms with Gasteiger partial charge in [-0.05, 0) is 0 Å². The van der Waals surface area contributed by atoms with Crippen LogP contribution in [0.5, 0.6) is 0 Å². The Hall–Kier alpha value is 1.05. The molecule has 0 rings (SSSR count). The second-order valence-corrected chi connectivity index (χ2v) is 2.68. The highest BCUT2D eigenvalue weighted by Crippen LogP contribution is 2.02. The fraction of sp³-hybridized carbons (Fsp3) is 0.500. The van der Waals surface area contributed by atoms with Crippen LogP contribution in [0.2, 0.25) is 0 Å². The number of halogens is 3. The maximum Gasteiger partial charge on any atom is 0.0616 e. The van der Waals surface area contributed by atoms with Crippen molar-refractivity contribution in [2.24, 2.45) is 0 Å². The quantitative estimate of drug-likeness (QED) is 0.522. The molecule has 1 atom stereocenters. The van der Waals surface area contributed by atoms with Crippen molar-refractivity contribution in [1.29, 1.82) is 0 Å². The predicted octanol–water partition coefficient (Wildman–Crippen LogP) is 2.78. The topological polar surface area (TPSA) is 0 Å². The van der Waals surface area contributed by atoms with Crippen LogP contribution in [0.1, 0.15) is 0 Å². The second kappa shape index (κ2) is 5.19. The molecule has 0 aliphatic rings. The van der Waals surface area contributed by atoms with E-state index in [1.54, 1.807) is 6.08 Å². The smallest absolute Gasteiger partial charge is 0.0616 e. The molecule has 0 nitrogen and oxygen atoms in total. The van der Waals surface area contributed by atoms with Gasteiger partial charge in [-0.2, -0.15) is 0 Å². The summed E-state index contributed by atoms with van der Waals surface area (Å²) in [7, 11) is 0. The molecular formula is C4H5Cl2I. The molecule has 0 bridgehead atoms. The van der Waals surface area contributed by atoms with Crippen molar-refractivity contribution in [2.75, 3.05) is 4.43 Å². The average molecular weight is 251 g/mol. The molecule has 0 saturated carbocycles. The maximum absolute atomic E-state index is 5.59. The summed E-state index contributed by atoms with van der Waals surface area (Å²) in [5, 5.41) is 0.0955. The van der Waals surface area contributed by atoms with Crippen molar-refractivity contribution in [1.82, 2.24) is 0 Å². The Labute approximate surface area is 67.0 Å². The van der Waals surface area contributed by atoms with E-state index < -0.39 is 0 Å². The van der Waals surface area contributed by atoms with E-state index in [0.717, 1.165) is 4.43 Å². The summed E-state index contributed by atoms with van der Waals surface area (Å²) in [5.74, 6) is 0. The molecule has 42 valence electrons. The zero-order chi connectivity index (χ0) is 5.70. The number of allylic oxidation sites excluding steroid dienone is 1. The van der Waals surface area contributed by atoms with Gasteiger partial charge in [-0.3, -0.25) is 0 Å². The van der Waals surface area contributed by atoms with Crippen molar-refractivity contribution in [3.63, 3.8) is 0 Å². The Balaban J connectivity index is 3.16. The standard InChI is InChI=1S/C4H5Cl2I/c5-2-1-4(6)3-7/h1-2,4H,3H2. The molecule has 0 N–H and O–H groups in total. The van der Waals surface area contributed by atoms with Crippen molar-refractivity contribution in [2.45, 2.75) is 5.38 Å². The molecule has 3 heteroatoms. The van der Waals surface area contributed by atoms with Crippen molar-refractivity contribution < 1.29 is 0 Å². The van der Waals surface area contributed by atoms with Crippen LogP contribution >= 0.6 is 45.8 Å². The first kappa shape index (κ1) is 8.05. The Morgan fingerprint density at radius 2 is 2.29 bits per heavy atom. The van der Waals surface area contributed by atoms with Crippen molar-refractivity contribution in [3.8, 4) is 0 Å². The summed E-state index contributed by atoms with van der Waals surface area (Å²) in [4.78, 5) is 0. The summed E-state index contributed by atoms with van der Waals surface area (Å²) in [5.41, 5.74) is 1.44. The Morgan fingerprint density at radius 1 is 1.71 bits per heavy atom. The summed E-state index contributed by atoms with van der Waals surface area (Å²) in [6, 6.07) is 0. The van der Waals surface area contributed by atoms with Crippen molar-refractivity contribution in [3.05, 3.63) is 11.6 Å². The Bertz CT molecular complexity index is 62.7. The van der Waals surface area contributed by atoms with Gasteiger partial charge in [0.05, 0.1) is 5.38 Å². The summed E-state index contributed by atoms with van der Waals surface area (Å²) >= 11 is 13.0. The summed E-state index contributed by atoms with van der Waals surface area (Å²) in [6.07, 6.45) is 1.75. The molecule has 7 heavy (non-hydrogen) atoms. The molecular weight excluding hydrogens is 246 g/mol. The largest absolute Gasteiger partial charge is 0.118 e. The van der Waals surface area contributed by atoms with Gasteiger partial charge in [-0.1, -0.05) is 40.3 Å². The molecule has 0 aliphatic heterocycles. The van der Waals surface area contributed by atoms with Crippen LogP contribution in [0, 0.1) is 0 Å². The highest BCUT2D eigenvalue weighted by atomic mass is 127. The van der Waals surface area contributed by atoms with Gasteiger partial charge in [0.25, 0.3) is 0 Å². The van der Waals surface area contributed by atoms with E-state index in [1.165, 1.54) is 5.54 Å². The van der Waals surface area contributed by atoms with Gasteiger partial charge >= 0.3 is 0 Å². The number of hydrogen-bond donors (Lipinski definition) is 0. The van der Waals surface area contributed by atoms with E-state index in [2.05, 4.69) is 22.6 Å². The Morgan fingerprint density at radius 3 is 2.43 bits per heavy atom. The van der Waals surface area contributed by atoms with Gasteiger partial charge in [-0.15, -0.1) is 11.6 Å². The lowest BCUT2D eigenvalue weighted by atomic mass is 10.5. The van der Waals surface area contributed by atoms with Crippen LogP contribution in [-0.2, 0) is 0 Å². The molecule has 0 fully saturated rings. The van der Waals surface area contributed by atoms with Crippen LogP contribution in [0.3, 0.4) is 0 Å². The monoisotopic (exact) mass is 250 g/mol. The van der Waals surface area contributed by atoms with Gasteiger partial charge in [0, 0.05) is 9.96 Å². The normalized spacial score (nSPS) is 15.3. The molecule has 0 radical (unpaired) electrons. The summed E-state index contributed by atoms with van der Waals surface area (Å²) in [6.45, 7) is 0. The molecule has 0 spiro atoms. The number of rotatable bonds is 2. The van der Waals surface area contributed by atoms with Crippen LogP contribution in [0.25, 0.3) is 0 Å². The van der Waals surface area contributed by atoms with E-state index in [0.29, 0.717) is 0 Å². The zero-order valence-electron chi connectivity index (χ0n) is 3.57. The third-order valence-corrected chi connectivity index (χ3v) is 2.34. The third-order valence-electron chi connectivity index (χ3n) is 0.429. The minimum Gasteiger partial charge on any atom is -0.118 e. The van der Waals surface area contributed by atoms with Crippen molar-refractivity contribution >= 4 is 45.8 Å². The maximum atomic E-state index is 5.59. The second-order valence-electron chi connectivity index (χ2n) is 0.989. The number of hydrogen-bond acceptors (Lipinski definition) is 0. The first-order valence-electron chi connectivity index (χ1n) is 1.78. The van der Waals surface area contributed by atoms with E-state index >= 15 is 0 Å². The van der Waals surface area contributed by atoms with Gasteiger partial charge in [0.1, 0.15) is 0 Å². The molecule has 0 aromatic rings. The molecule has 0 heterocycles. The highest BCUT2D eigenvalue weighted by molar-refractivity contribution is 14.1. The first-order valence-corrected chi connectivity index (χ1v) is 4.18. The van der Waals surface area contributed by atoms with E-state index in [9.17, 15) is 0 Å². The zero-order valence-corrected chi connectivity index (χ0v) is 7.24. The summed E-state index contributed by atoms with van der Waals surface area (Å²) < 4.78 is 0.905. The highest BCUT2D eigenvalue weighted by Gasteiger charge is 1.91. The minimum absolute atomic E-state index is 0.0955. The molecule has 0 aromatic heterocycles. The SMILES string of the molecule is ClC=CC(Cl)CI. The van der Waals surface area contributed by atoms with Gasteiger partial charge in [0.2, 0.25) is 0 Å². The van der Waals surface area contributed by atoms with Gasteiger partial charge in [0.15, 0.2) is 0 Å². The Kier molecular flexibility index (Phi) is 5.97. The molecule has 0 saturated heterocycles. The van der Waals surface area contributed by atoms with E-state index in [-0.39, 0.29) is 5.38 Å². The molecule has 0 aliphatic carbocycles. The molecule has 1 unspecified atom stereocenters. The van der Waals surface area contributed by atoms with Crippen LogP contribution in [0.15, 0.2) is 11.6 Å². The molecule has 0 aromatic carbocycles. The van der Waals surface area contributed by atoms with E-state index in [1.807, 2.05) is 0 Å². The van der Waals surface area contributed by atoms with Crippen LogP contribution in [-0.4, -0.2) is 9.80 Å². The van der Waals surface area contributed by atoms with E-state index in [4.69, 9.17) is 23.2 Å². The lowest BCUT2D eigenvalue weighted by Gasteiger charge is -1.90. The minimum atomic E-state index is 0.0955. The first-order chi connectivity index (χ1) is 3.31. The lowest BCUT2D eigenvalue weighted by molar-refractivity contribution is 1.29. The lowest BCUT2D eigenvalue weighted by Crippen LogP contribution is -1.90. The van der Waals surface area contributed by atoms with Gasteiger partial charge < -0.3 is 0 Å². The van der Waals surface area contributed by atoms with Crippen LogP contribution in [0.4, 0.5) is 0 Å². The number of alkyl halides is 2. The average Bonchev–Trinajstić information content (AvgIpc) is 1.68. The fourth-order valence-electron chi connectivity index (χ4n) is 0.130. The molecule has 0 amide bonds. The third kappa shape index (κ3) is 4.91. The van der Waals surface area contributed by atoms with Crippen LogP contribution < -0.4 is 0 Å².